The van der Waals surface area contributed by atoms with Crippen LogP contribution in [0.25, 0.3) is 0 Å². The summed E-state index contributed by atoms with van der Waals surface area (Å²) in [5.41, 5.74) is 7.83. The summed E-state index contributed by atoms with van der Waals surface area (Å²) in [4.78, 5) is 12.1. The van der Waals surface area contributed by atoms with Crippen molar-refractivity contribution in [2.24, 2.45) is 5.73 Å². The summed E-state index contributed by atoms with van der Waals surface area (Å²) in [6.45, 7) is 0.447. The molecule has 4 nitrogen and oxygen atoms in total. The summed E-state index contributed by atoms with van der Waals surface area (Å²) < 4.78 is 5.10. The van der Waals surface area contributed by atoms with Gasteiger partial charge >= 0.3 is 0 Å². The SMILES string of the molecule is COc1cccc(C(=O)Nc2cccc(CN)c2)c1. The Bertz CT molecular complexity index is 582. The van der Waals surface area contributed by atoms with Crippen molar-refractivity contribution in [1.29, 1.82) is 0 Å². The number of anilines is 1. The predicted molar refractivity (Wildman–Crippen MR) is 75.3 cm³/mol. The molecule has 98 valence electrons. The van der Waals surface area contributed by atoms with Gasteiger partial charge in [0, 0.05) is 17.8 Å². The Labute approximate surface area is 112 Å². The fourth-order valence-corrected chi connectivity index (χ4v) is 1.74. The van der Waals surface area contributed by atoms with E-state index in [4.69, 9.17) is 10.5 Å². The van der Waals surface area contributed by atoms with E-state index in [-0.39, 0.29) is 5.91 Å². The van der Waals surface area contributed by atoms with Crippen LogP contribution in [0.4, 0.5) is 5.69 Å². The van der Waals surface area contributed by atoms with Crippen molar-refractivity contribution in [3.8, 4) is 5.75 Å². The molecule has 19 heavy (non-hydrogen) atoms. The minimum Gasteiger partial charge on any atom is -0.497 e. The first-order valence-electron chi connectivity index (χ1n) is 5.97. The molecule has 0 aliphatic carbocycles. The second kappa shape index (κ2) is 6.02. The normalized spacial score (nSPS) is 10.0. The maximum atomic E-state index is 12.1. The molecule has 0 fully saturated rings. The van der Waals surface area contributed by atoms with E-state index in [2.05, 4.69) is 5.32 Å². The van der Waals surface area contributed by atoms with E-state index in [1.54, 1.807) is 31.4 Å². The molecular formula is C15H16N2O2. The lowest BCUT2D eigenvalue weighted by Crippen LogP contribution is -2.12. The molecule has 0 spiro atoms. The van der Waals surface area contributed by atoms with Gasteiger partial charge in [-0.1, -0.05) is 18.2 Å². The Morgan fingerprint density at radius 3 is 2.74 bits per heavy atom. The van der Waals surface area contributed by atoms with Crippen molar-refractivity contribution >= 4 is 11.6 Å². The molecule has 3 N–H and O–H groups in total. The van der Waals surface area contributed by atoms with E-state index in [0.29, 0.717) is 17.9 Å². The fraction of sp³-hybridized carbons (Fsp3) is 0.133. The highest BCUT2D eigenvalue weighted by Crippen LogP contribution is 2.15. The number of carbonyl (C=O) groups excluding carboxylic acids is 1. The van der Waals surface area contributed by atoms with Crippen molar-refractivity contribution in [2.45, 2.75) is 6.54 Å². The molecule has 2 aromatic carbocycles. The molecule has 0 heterocycles. The zero-order valence-electron chi connectivity index (χ0n) is 10.7. The first-order valence-corrected chi connectivity index (χ1v) is 5.97. The maximum Gasteiger partial charge on any atom is 0.255 e. The lowest BCUT2D eigenvalue weighted by atomic mass is 10.1. The molecule has 0 radical (unpaired) electrons. The van der Waals surface area contributed by atoms with Crippen LogP contribution in [0.15, 0.2) is 48.5 Å². The highest BCUT2D eigenvalue weighted by Gasteiger charge is 2.07. The summed E-state index contributed by atoms with van der Waals surface area (Å²) in [7, 11) is 1.57. The number of nitrogens with two attached hydrogens (primary N) is 1. The van der Waals surface area contributed by atoms with Gasteiger partial charge in [-0.15, -0.1) is 0 Å². The number of hydrogen-bond acceptors (Lipinski definition) is 3. The molecule has 0 aliphatic rings. The van der Waals surface area contributed by atoms with Crippen LogP contribution in [0.5, 0.6) is 5.75 Å². The van der Waals surface area contributed by atoms with Gasteiger partial charge in [-0.05, 0) is 35.9 Å². The third-order valence-electron chi connectivity index (χ3n) is 2.75. The van der Waals surface area contributed by atoms with E-state index >= 15 is 0 Å². The molecular weight excluding hydrogens is 240 g/mol. The van der Waals surface area contributed by atoms with E-state index in [1.165, 1.54) is 0 Å². The lowest BCUT2D eigenvalue weighted by molar-refractivity contribution is 0.102. The largest absolute Gasteiger partial charge is 0.497 e. The second-order valence-corrected chi connectivity index (χ2v) is 4.09. The Balaban J connectivity index is 2.15. The monoisotopic (exact) mass is 256 g/mol. The van der Waals surface area contributed by atoms with Crippen LogP contribution in [-0.2, 0) is 6.54 Å². The van der Waals surface area contributed by atoms with Gasteiger partial charge in [0.2, 0.25) is 0 Å². The maximum absolute atomic E-state index is 12.1. The summed E-state index contributed by atoms with van der Waals surface area (Å²) in [6, 6.07) is 14.5. The van der Waals surface area contributed by atoms with Crippen molar-refractivity contribution in [3.05, 3.63) is 59.7 Å². The molecule has 0 saturated heterocycles. The molecule has 0 aromatic heterocycles. The first-order chi connectivity index (χ1) is 9.22. The summed E-state index contributed by atoms with van der Waals surface area (Å²) in [5.74, 6) is 0.483. The van der Waals surface area contributed by atoms with Crippen molar-refractivity contribution in [2.75, 3.05) is 12.4 Å². The summed E-state index contributed by atoms with van der Waals surface area (Å²) in [5, 5.41) is 2.83. The Morgan fingerprint density at radius 1 is 1.21 bits per heavy atom. The van der Waals surface area contributed by atoms with E-state index in [0.717, 1.165) is 11.3 Å². The molecule has 1 amide bonds. The number of hydrogen-bond donors (Lipinski definition) is 2. The standard InChI is InChI=1S/C15H16N2O2/c1-19-14-7-3-5-12(9-14)15(18)17-13-6-2-4-11(8-13)10-16/h2-9H,10,16H2,1H3,(H,17,18). The van der Waals surface area contributed by atoms with Crippen LogP contribution in [0, 0.1) is 0 Å². The average Bonchev–Trinajstić information content (AvgIpc) is 2.47. The van der Waals surface area contributed by atoms with Crippen LogP contribution in [0.1, 0.15) is 15.9 Å². The number of rotatable bonds is 4. The number of methoxy groups -OCH3 is 1. The zero-order valence-corrected chi connectivity index (χ0v) is 10.7. The quantitative estimate of drug-likeness (QED) is 0.883. The zero-order chi connectivity index (χ0) is 13.7. The van der Waals surface area contributed by atoms with Gasteiger partial charge in [-0.25, -0.2) is 0 Å². The summed E-state index contributed by atoms with van der Waals surface area (Å²) in [6.07, 6.45) is 0. The van der Waals surface area contributed by atoms with Crippen LogP contribution in [-0.4, -0.2) is 13.0 Å². The molecule has 0 bridgehead atoms. The number of nitrogens with one attached hydrogen (secondary N) is 1. The minimum absolute atomic E-state index is 0.173. The fourth-order valence-electron chi connectivity index (χ4n) is 1.74. The first kappa shape index (κ1) is 13.1. The van der Waals surface area contributed by atoms with Crippen molar-refractivity contribution < 1.29 is 9.53 Å². The third kappa shape index (κ3) is 3.33. The second-order valence-electron chi connectivity index (χ2n) is 4.09. The van der Waals surface area contributed by atoms with Gasteiger partial charge in [0.05, 0.1) is 7.11 Å². The van der Waals surface area contributed by atoms with E-state index < -0.39 is 0 Å². The molecule has 0 atom stereocenters. The number of ether oxygens (including phenoxy) is 1. The van der Waals surface area contributed by atoms with Gasteiger partial charge in [0.25, 0.3) is 5.91 Å². The van der Waals surface area contributed by atoms with Crippen LogP contribution in [0.2, 0.25) is 0 Å². The molecule has 0 aliphatic heterocycles. The number of carbonyl (C=O) groups is 1. The van der Waals surface area contributed by atoms with E-state index in [9.17, 15) is 4.79 Å². The van der Waals surface area contributed by atoms with Gasteiger partial charge in [-0.3, -0.25) is 4.79 Å². The molecule has 4 heteroatoms. The third-order valence-corrected chi connectivity index (χ3v) is 2.75. The topological polar surface area (TPSA) is 64.3 Å². The van der Waals surface area contributed by atoms with Crippen molar-refractivity contribution in [1.82, 2.24) is 0 Å². The number of benzene rings is 2. The molecule has 2 aromatic rings. The highest BCUT2D eigenvalue weighted by atomic mass is 16.5. The lowest BCUT2D eigenvalue weighted by Gasteiger charge is -2.07. The Hall–Kier alpha value is -2.33. The molecule has 0 saturated carbocycles. The van der Waals surface area contributed by atoms with Crippen LogP contribution < -0.4 is 15.8 Å². The van der Waals surface area contributed by atoms with Crippen LogP contribution in [0.3, 0.4) is 0 Å². The average molecular weight is 256 g/mol. The van der Waals surface area contributed by atoms with Crippen molar-refractivity contribution in [3.63, 3.8) is 0 Å². The van der Waals surface area contributed by atoms with Gasteiger partial charge in [-0.2, -0.15) is 0 Å². The minimum atomic E-state index is -0.173. The van der Waals surface area contributed by atoms with E-state index in [1.807, 2.05) is 24.3 Å². The molecule has 2 rings (SSSR count). The van der Waals surface area contributed by atoms with Crippen LogP contribution >= 0.6 is 0 Å². The molecule has 0 unspecified atom stereocenters. The van der Waals surface area contributed by atoms with Gasteiger partial charge < -0.3 is 15.8 Å². The van der Waals surface area contributed by atoms with Gasteiger partial charge in [0.1, 0.15) is 5.75 Å². The highest BCUT2D eigenvalue weighted by molar-refractivity contribution is 6.04. The van der Waals surface area contributed by atoms with Gasteiger partial charge in [0.15, 0.2) is 0 Å². The summed E-state index contributed by atoms with van der Waals surface area (Å²) >= 11 is 0. The number of amides is 1. The predicted octanol–water partition coefficient (Wildman–Crippen LogP) is 2.41. The Kier molecular flexibility index (Phi) is 4.15. The smallest absolute Gasteiger partial charge is 0.255 e. The Morgan fingerprint density at radius 2 is 2.00 bits per heavy atom.